The summed E-state index contributed by atoms with van der Waals surface area (Å²) in [7, 11) is -3.71. The average Bonchev–Trinajstić information content (AvgIpc) is 3.15. The van der Waals surface area contributed by atoms with Crippen molar-refractivity contribution in [2.75, 3.05) is 12.3 Å². The number of sulfonamides is 1. The summed E-state index contributed by atoms with van der Waals surface area (Å²) >= 11 is 0. The first-order valence-corrected chi connectivity index (χ1v) is 9.02. The molecule has 1 unspecified atom stereocenters. The van der Waals surface area contributed by atoms with Gasteiger partial charge in [0.1, 0.15) is 0 Å². The van der Waals surface area contributed by atoms with Crippen LogP contribution in [-0.2, 0) is 16.6 Å². The second-order valence-corrected chi connectivity index (χ2v) is 7.50. The molecule has 23 heavy (non-hydrogen) atoms. The van der Waals surface area contributed by atoms with Gasteiger partial charge in [-0.05, 0) is 26.2 Å². The summed E-state index contributed by atoms with van der Waals surface area (Å²) in [6.07, 6.45) is 6.71. The van der Waals surface area contributed by atoms with E-state index < -0.39 is 10.0 Å². The summed E-state index contributed by atoms with van der Waals surface area (Å²) < 4.78 is 34.1. The molecular weight excluding hydrogens is 320 g/mol. The van der Waals surface area contributed by atoms with Crippen LogP contribution < -0.4 is 5.73 Å². The second-order valence-electron chi connectivity index (χ2n) is 5.67. The van der Waals surface area contributed by atoms with Gasteiger partial charge >= 0.3 is 0 Å². The van der Waals surface area contributed by atoms with E-state index in [9.17, 15) is 8.42 Å². The molecule has 0 saturated carbocycles. The lowest BCUT2D eigenvalue weighted by Crippen LogP contribution is -2.44. The zero-order valence-corrected chi connectivity index (χ0v) is 13.7. The van der Waals surface area contributed by atoms with E-state index in [1.807, 2.05) is 0 Å². The highest BCUT2D eigenvalue weighted by Crippen LogP contribution is 2.31. The van der Waals surface area contributed by atoms with Crippen LogP contribution in [-0.4, -0.2) is 45.5 Å². The number of nitrogens with two attached hydrogens (primary N) is 1. The molecule has 1 fully saturated rings. The highest BCUT2D eigenvalue weighted by molar-refractivity contribution is 7.89. The van der Waals surface area contributed by atoms with E-state index in [1.165, 1.54) is 4.31 Å². The Morgan fingerprint density at radius 2 is 2.26 bits per heavy atom. The molecule has 2 aromatic rings. The van der Waals surface area contributed by atoms with Crippen LogP contribution in [0.4, 0.5) is 5.82 Å². The largest absolute Gasteiger partial charge is 0.380 e. The Balaban J connectivity index is 1.83. The molecular formula is C13H20N6O3S. The number of hydrogen-bond donors (Lipinski definition) is 1. The van der Waals surface area contributed by atoms with Crippen molar-refractivity contribution in [2.24, 2.45) is 0 Å². The van der Waals surface area contributed by atoms with Crippen molar-refractivity contribution >= 4 is 15.8 Å². The maximum atomic E-state index is 13.0. The minimum absolute atomic E-state index is 0.00911. The van der Waals surface area contributed by atoms with Crippen LogP contribution in [0.15, 0.2) is 21.8 Å². The van der Waals surface area contributed by atoms with Gasteiger partial charge in [0, 0.05) is 25.3 Å². The topological polar surface area (TPSA) is 120 Å². The molecule has 0 spiro atoms. The van der Waals surface area contributed by atoms with Gasteiger partial charge in [-0.15, -0.1) is 5.10 Å². The Hall–Kier alpha value is -1.94. The lowest BCUT2D eigenvalue weighted by Gasteiger charge is -2.34. The molecule has 3 heterocycles. The summed E-state index contributed by atoms with van der Waals surface area (Å²) in [6.45, 7) is 2.66. The van der Waals surface area contributed by atoms with E-state index in [0.29, 0.717) is 19.5 Å². The molecule has 0 bridgehead atoms. The molecule has 2 N–H and O–H groups in total. The number of aryl methyl sites for hydroxylation is 2. The van der Waals surface area contributed by atoms with Crippen molar-refractivity contribution in [3.05, 3.63) is 18.2 Å². The Kier molecular flexibility index (Phi) is 4.35. The molecule has 0 radical (unpaired) electrons. The molecule has 1 atom stereocenters. The lowest BCUT2D eigenvalue weighted by molar-refractivity contribution is 0.231. The maximum Gasteiger partial charge on any atom is 0.250 e. The van der Waals surface area contributed by atoms with Crippen LogP contribution >= 0.6 is 0 Å². The molecule has 1 aliphatic heterocycles. The van der Waals surface area contributed by atoms with E-state index in [-0.39, 0.29) is 22.5 Å². The first kappa shape index (κ1) is 15.9. The summed E-state index contributed by atoms with van der Waals surface area (Å²) in [5.74, 6) is 0.145. The minimum Gasteiger partial charge on any atom is -0.380 e. The monoisotopic (exact) mass is 340 g/mol. The van der Waals surface area contributed by atoms with Crippen molar-refractivity contribution < 1.29 is 12.9 Å². The van der Waals surface area contributed by atoms with Gasteiger partial charge in [0.25, 0.3) is 10.0 Å². The second kappa shape index (κ2) is 6.28. The van der Waals surface area contributed by atoms with Crippen molar-refractivity contribution in [3.63, 3.8) is 0 Å². The van der Waals surface area contributed by atoms with E-state index >= 15 is 0 Å². The molecule has 3 rings (SSSR count). The molecule has 1 saturated heterocycles. The summed E-state index contributed by atoms with van der Waals surface area (Å²) in [5, 5.41) is 11.2. The molecule has 1 aliphatic rings. The molecule has 2 aromatic heterocycles. The first-order chi connectivity index (χ1) is 11.0. The fourth-order valence-corrected chi connectivity index (χ4v) is 4.93. The van der Waals surface area contributed by atoms with Gasteiger partial charge in [0.15, 0.2) is 16.5 Å². The zero-order chi connectivity index (χ0) is 16.4. The molecule has 10 heteroatoms. The van der Waals surface area contributed by atoms with Crippen molar-refractivity contribution in [1.82, 2.24) is 24.5 Å². The molecule has 0 aliphatic carbocycles. The van der Waals surface area contributed by atoms with E-state index in [1.54, 1.807) is 24.0 Å². The van der Waals surface area contributed by atoms with Crippen LogP contribution in [0.25, 0.3) is 0 Å². The summed E-state index contributed by atoms with van der Waals surface area (Å²) in [5.41, 5.74) is 5.70. The van der Waals surface area contributed by atoms with Gasteiger partial charge < -0.3 is 10.3 Å². The van der Waals surface area contributed by atoms with Gasteiger partial charge in [-0.25, -0.2) is 8.42 Å². The van der Waals surface area contributed by atoms with Crippen LogP contribution in [0.5, 0.6) is 0 Å². The average molecular weight is 340 g/mol. The highest BCUT2D eigenvalue weighted by Gasteiger charge is 2.37. The number of nitrogens with zero attached hydrogens (tertiary/aromatic N) is 5. The Bertz CT molecular complexity index is 735. The maximum absolute atomic E-state index is 13.0. The first-order valence-electron chi connectivity index (χ1n) is 7.58. The SMILES string of the molecule is Cc1onc(N)c1S(=O)(=O)N1CCCCC1CCn1ccnn1. The number of aromatic nitrogens is 4. The minimum atomic E-state index is -3.71. The number of hydrogen-bond acceptors (Lipinski definition) is 7. The van der Waals surface area contributed by atoms with Gasteiger partial charge in [0.2, 0.25) is 0 Å². The number of anilines is 1. The van der Waals surface area contributed by atoms with Crippen molar-refractivity contribution in [2.45, 2.75) is 50.1 Å². The Morgan fingerprint density at radius 3 is 2.91 bits per heavy atom. The van der Waals surface area contributed by atoms with Crippen LogP contribution in [0.2, 0.25) is 0 Å². The molecule has 126 valence electrons. The third kappa shape index (κ3) is 3.08. The van der Waals surface area contributed by atoms with Gasteiger partial charge in [0.05, 0.1) is 6.20 Å². The zero-order valence-electron chi connectivity index (χ0n) is 12.9. The van der Waals surface area contributed by atoms with Gasteiger partial charge in [-0.2, -0.15) is 4.31 Å². The quantitative estimate of drug-likeness (QED) is 0.854. The molecule has 0 aromatic carbocycles. The number of rotatable bonds is 5. The van der Waals surface area contributed by atoms with Crippen molar-refractivity contribution in [1.29, 1.82) is 0 Å². The third-order valence-corrected chi connectivity index (χ3v) is 6.25. The molecule has 9 nitrogen and oxygen atoms in total. The standard InChI is InChI=1S/C13H20N6O3S/c1-10-12(13(14)16-22-10)23(20,21)19-7-3-2-4-11(19)5-8-18-9-6-15-17-18/h6,9,11H,2-5,7-8H2,1H3,(H2,14,16). The number of piperidine rings is 1. The van der Waals surface area contributed by atoms with Crippen LogP contribution in [0.1, 0.15) is 31.4 Å². The smallest absolute Gasteiger partial charge is 0.250 e. The third-order valence-electron chi connectivity index (χ3n) is 4.14. The van der Waals surface area contributed by atoms with Crippen molar-refractivity contribution in [3.8, 4) is 0 Å². The summed E-state index contributed by atoms with van der Waals surface area (Å²) in [4.78, 5) is -0.00911. The van der Waals surface area contributed by atoms with Gasteiger partial charge in [-0.3, -0.25) is 4.68 Å². The normalized spacial score (nSPS) is 20.0. The Labute approximate surface area is 134 Å². The fraction of sp³-hybridized carbons (Fsp3) is 0.615. The van der Waals surface area contributed by atoms with Crippen LogP contribution in [0, 0.1) is 6.92 Å². The lowest BCUT2D eigenvalue weighted by atomic mass is 10.0. The fourth-order valence-electron chi connectivity index (χ4n) is 3.02. The van der Waals surface area contributed by atoms with Crippen LogP contribution in [0.3, 0.4) is 0 Å². The highest BCUT2D eigenvalue weighted by atomic mass is 32.2. The van der Waals surface area contributed by atoms with E-state index in [2.05, 4.69) is 15.5 Å². The van der Waals surface area contributed by atoms with Gasteiger partial charge in [-0.1, -0.05) is 16.8 Å². The van der Waals surface area contributed by atoms with E-state index in [0.717, 1.165) is 19.3 Å². The molecule has 0 amide bonds. The summed E-state index contributed by atoms with van der Waals surface area (Å²) in [6, 6.07) is -0.0911. The predicted molar refractivity (Wildman–Crippen MR) is 81.8 cm³/mol. The number of nitrogen functional groups attached to an aromatic ring is 1. The Morgan fingerprint density at radius 1 is 1.43 bits per heavy atom. The van der Waals surface area contributed by atoms with E-state index in [4.69, 9.17) is 10.3 Å². The predicted octanol–water partition coefficient (Wildman–Crippen LogP) is 0.790.